The molecule has 1 aliphatic rings. The smallest absolute Gasteiger partial charge is 0.333 e. The molecule has 1 fully saturated rings. The molecule has 0 saturated heterocycles. The van der Waals surface area contributed by atoms with E-state index in [1.54, 1.807) is 20.8 Å². The van der Waals surface area contributed by atoms with Crippen molar-refractivity contribution in [2.24, 2.45) is 5.92 Å². The molecule has 16 nitrogen and oxygen atoms in total. The van der Waals surface area contributed by atoms with Gasteiger partial charge in [0.15, 0.2) is 0 Å². The van der Waals surface area contributed by atoms with E-state index in [2.05, 4.69) is 33.7 Å². The van der Waals surface area contributed by atoms with Crippen LogP contribution in [0.15, 0.2) is 0 Å². The van der Waals surface area contributed by atoms with E-state index in [1.165, 1.54) is 0 Å². The highest BCUT2D eigenvalue weighted by atomic mass is 31.2. The summed E-state index contributed by atoms with van der Waals surface area (Å²) in [5, 5.41) is 7.75. The maximum absolute atomic E-state index is 13.8. The fourth-order valence-electron chi connectivity index (χ4n) is 5.49. The molecule has 1 aliphatic carbocycles. The van der Waals surface area contributed by atoms with Gasteiger partial charge in [-0.3, -0.25) is 23.7 Å². The first-order chi connectivity index (χ1) is 27.7. The van der Waals surface area contributed by atoms with Gasteiger partial charge < -0.3 is 53.8 Å². The van der Waals surface area contributed by atoms with Crippen molar-refractivity contribution in [2.45, 2.75) is 102 Å². The van der Waals surface area contributed by atoms with Crippen LogP contribution in [0.25, 0.3) is 0 Å². The number of Topliss-reactive ketones (excluding diaryl/α,β-unsaturated/α-hetero) is 1. The molecule has 0 aliphatic heterocycles. The minimum atomic E-state index is -3.95. The van der Waals surface area contributed by atoms with Gasteiger partial charge in [0.2, 0.25) is 17.7 Å². The Bertz CT molecular complexity index is 1280. The molecule has 1 rings (SSSR count). The number of terminal acetylenes is 3. The molecule has 4 N–H and O–H groups in total. The lowest BCUT2D eigenvalue weighted by Crippen LogP contribution is -2.54. The molecule has 58 heavy (non-hydrogen) atoms. The van der Waals surface area contributed by atoms with Gasteiger partial charge in [0.05, 0.1) is 64.1 Å². The molecule has 0 spiro atoms. The van der Waals surface area contributed by atoms with Gasteiger partial charge in [0.1, 0.15) is 25.6 Å². The van der Waals surface area contributed by atoms with Crippen LogP contribution in [0.2, 0.25) is 0 Å². The first kappa shape index (κ1) is 52.7. The minimum Gasteiger partial charge on any atom is -0.379 e. The normalized spacial score (nSPS) is 16.2. The van der Waals surface area contributed by atoms with Crippen molar-refractivity contribution < 1.29 is 61.6 Å². The maximum atomic E-state index is 13.8. The van der Waals surface area contributed by atoms with E-state index < -0.39 is 30.3 Å². The van der Waals surface area contributed by atoms with Crippen LogP contribution in [0, 0.1) is 42.9 Å². The van der Waals surface area contributed by atoms with Crippen LogP contribution in [0.3, 0.4) is 0 Å². The molecule has 3 amide bonds. The second-order valence-corrected chi connectivity index (χ2v) is 17.4. The number of rotatable bonds is 35. The van der Waals surface area contributed by atoms with Crippen molar-refractivity contribution in [1.82, 2.24) is 16.0 Å². The lowest BCUT2D eigenvalue weighted by Gasteiger charge is -2.41. The van der Waals surface area contributed by atoms with Crippen LogP contribution in [-0.4, -0.2) is 138 Å². The van der Waals surface area contributed by atoms with E-state index in [4.69, 9.17) is 52.2 Å². The summed E-state index contributed by atoms with van der Waals surface area (Å²) in [4.78, 5) is 63.5. The number of ether oxygens (including phenoxy) is 6. The summed E-state index contributed by atoms with van der Waals surface area (Å²) in [5.41, 5.74) is -1.12. The summed E-state index contributed by atoms with van der Waals surface area (Å²) in [6.45, 7) is 8.62. The first-order valence-electron chi connectivity index (χ1n) is 19.8. The van der Waals surface area contributed by atoms with Gasteiger partial charge in [-0.05, 0) is 59.3 Å². The van der Waals surface area contributed by atoms with Gasteiger partial charge in [-0.25, -0.2) is 0 Å². The largest absolute Gasteiger partial charge is 0.379 e. The summed E-state index contributed by atoms with van der Waals surface area (Å²) in [6, 6.07) is 0. The molecule has 1 unspecified atom stereocenters. The van der Waals surface area contributed by atoms with E-state index in [-0.39, 0.29) is 127 Å². The summed E-state index contributed by atoms with van der Waals surface area (Å²) < 4.78 is 50.2. The standard InChI is InChI=1S/C41H66N3O13P/c1-7-20-51-26-29-54-23-10-11-35(45)12-15-41(16-13-37(46)42-18-24-55-30-27-52-21-8-2,17-14-38(47)43-19-25-56-31-28-53-22-9-3)44-39(48)34-32-36(33-34)57-58(49,50)40(4,5)6/h1-3,34,36H,10-33H2,4-6H3,(H,42,46)(H,43,47)(H,44,48)(H,49,50). The lowest BCUT2D eigenvalue weighted by molar-refractivity contribution is -0.134. The Hall–Kier alpha value is -3.33. The lowest BCUT2D eigenvalue weighted by atomic mass is 9.78. The Kier molecular flexibility index (Phi) is 27.9. The van der Waals surface area contributed by atoms with E-state index in [0.717, 1.165) is 0 Å². The van der Waals surface area contributed by atoms with E-state index >= 15 is 0 Å². The van der Waals surface area contributed by atoms with Gasteiger partial charge in [-0.15, -0.1) is 19.3 Å². The number of carbonyl (C=O) groups is 4. The van der Waals surface area contributed by atoms with Crippen LogP contribution >= 0.6 is 7.60 Å². The summed E-state index contributed by atoms with van der Waals surface area (Å²) in [7, 11) is -3.95. The molecule has 0 aromatic rings. The van der Waals surface area contributed by atoms with Crippen molar-refractivity contribution in [3.05, 3.63) is 0 Å². The van der Waals surface area contributed by atoms with Gasteiger partial charge in [-0.2, -0.15) is 0 Å². The van der Waals surface area contributed by atoms with Crippen LogP contribution in [0.1, 0.15) is 85.0 Å². The third-order valence-electron chi connectivity index (χ3n) is 9.09. The van der Waals surface area contributed by atoms with Crippen molar-refractivity contribution in [3.63, 3.8) is 0 Å². The zero-order valence-corrected chi connectivity index (χ0v) is 35.5. The highest BCUT2D eigenvalue weighted by Gasteiger charge is 2.45. The Morgan fingerprint density at radius 3 is 1.53 bits per heavy atom. The number of amides is 3. The Labute approximate surface area is 345 Å². The first-order valence-corrected chi connectivity index (χ1v) is 21.4. The molecule has 1 atom stereocenters. The second-order valence-electron chi connectivity index (χ2n) is 14.8. The molecule has 0 radical (unpaired) electrons. The second kappa shape index (κ2) is 30.7. The molecule has 0 bridgehead atoms. The monoisotopic (exact) mass is 839 g/mol. The van der Waals surface area contributed by atoms with Crippen molar-refractivity contribution in [1.29, 1.82) is 0 Å². The Morgan fingerprint density at radius 1 is 0.655 bits per heavy atom. The zero-order valence-electron chi connectivity index (χ0n) is 34.7. The molecular weight excluding hydrogens is 773 g/mol. The SMILES string of the molecule is C#CCOCCOCCCC(=O)CCC(CCC(=O)NCCOCCOCC#C)(CCC(=O)NCCOCCOCC#C)NC(=O)C1CC(OP(=O)(O)C(C)(C)C)C1. The van der Waals surface area contributed by atoms with Crippen molar-refractivity contribution in [2.75, 3.05) is 92.4 Å². The Balaban J connectivity index is 3.02. The summed E-state index contributed by atoms with van der Waals surface area (Å²) in [6.07, 6.45) is 16.5. The van der Waals surface area contributed by atoms with Crippen LogP contribution in [0.4, 0.5) is 0 Å². The average Bonchev–Trinajstić information content (AvgIpc) is 3.16. The van der Waals surface area contributed by atoms with Crippen LogP contribution in [0.5, 0.6) is 0 Å². The summed E-state index contributed by atoms with van der Waals surface area (Å²) >= 11 is 0. The fraction of sp³-hybridized carbons (Fsp3) is 0.756. The quantitative estimate of drug-likeness (QED) is 0.0412. The molecule has 0 aromatic heterocycles. The highest BCUT2D eigenvalue weighted by molar-refractivity contribution is 7.54. The molecule has 328 valence electrons. The predicted octanol–water partition coefficient (Wildman–Crippen LogP) is 2.54. The number of nitrogens with one attached hydrogen (secondary N) is 3. The molecular formula is C41H66N3O13P. The minimum absolute atomic E-state index is 0.0117. The van der Waals surface area contributed by atoms with Crippen molar-refractivity contribution in [3.8, 4) is 37.0 Å². The van der Waals surface area contributed by atoms with Crippen LogP contribution in [-0.2, 0) is 56.7 Å². The highest BCUT2D eigenvalue weighted by Crippen LogP contribution is 2.57. The summed E-state index contributed by atoms with van der Waals surface area (Å²) in [5.74, 6) is 5.56. The number of ketones is 1. The average molecular weight is 840 g/mol. The molecule has 0 heterocycles. The maximum Gasteiger partial charge on any atom is 0.333 e. The van der Waals surface area contributed by atoms with Gasteiger partial charge in [-0.1, -0.05) is 17.8 Å². The van der Waals surface area contributed by atoms with Crippen molar-refractivity contribution >= 4 is 31.1 Å². The fourth-order valence-corrected chi connectivity index (χ4v) is 6.38. The van der Waals surface area contributed by atoms with E-state index in [0.29, 0.717) is 52.7 Å². The van der Waals surface area contributed by atoms with Crippen LogP contribution < -0.4 is 16.0 Å². The molecule has 1 saturated carbocycles. The number of hydrogen-bond acceptors (Lipinski definition) is 12. The third kappa shape index (κ3) is 24.6. The molecule has 17 heteroatoms. The van der Waals surface area contributed by atoms with Gasteiger partial charge in [0, 0.05) is 56.8 Å². The predicted molar refractivity (Wildman–Crippen MR) is 217 cm³/mol. The van der Waals surface area contributed by atoms with E-state index in [1.807, 2.05) is 0 Å². The van der Waals surface area contributed by atoms with E-state index in [9.17, 15) is 28.6 Å². The zero-order chi connectivity index (χ0) is 43.1. The van der Waals surface area contributed by atoms with Gasteiger partial charge >= 0.3 is 7.60 Å². The van der Waals surface area contributed by atoms with Gasteiger partial charge in [0.25, 0.3) is 0 Å². The third-order valence-corrected chi connectivity index (χ3v) is 11.4. The molecule has 0 aromatic carbocycles. The number of carbonyl (C=O) groups excluding carboxylic acids is 4. The topological polar surface area (TPSA) is 206 Å². The number of hydrogen-bond donors (Lipinski definition) is 4. The Morgan fingerprint density at radius 2 is 1.09 bits per heavy atom.